The van der Waals surface area contributed by atoms with Crippen LogP contribution in [0.15, 0.2) is 73.3 Å². The van der Waals surface area contributed by atoms with Crippen LogP contribution in [0.2, 0.25) is 0 Å². The Kier molecular flexibility index (Phi) is 5.88. The maximum absolute atomic E-state index is 13.6. The van der Waals surface area contributed by atoms with Gasteiger partial charge in [0.25, 0.3) is 0 Å². The van der Waals surface area contributed by atoms with Gasteiger partial charge in [-0.15, -0.1) is 0 Å². The number of unbranched alkanes of at least 4 members (excludes halogenated alkanes) is 1. The number of Topliss-reactive ketones (excluding diaryl/α,β-unsaturated/α-hetero) is 1. The van der Waals surface area contributed by atoms with Crippen LogP contribution in [0.1, 0.15) is 97.3 Å². The van der Waals surface area contributed by atoms with E-state index < -0.39 is 0 Å². The zero-order valence-electron chi connectivity index (χ0n) is 21.5. The van der Waals surface area contributed by atoms with E-state index in [1.54, 1.807) is 0 Å². The van der Waals surface area contributed by atoms with Crippen LogP contribution in [0.25, 0.3) is 39.0 Å². The van der Waals surface area contributed by atoms with Crippen molar-refractivity contribution in [3.8, 4) is 22.3 Å². The minimum atomic E-state index is 0.180. The summed E-state index contributed by atoms with van der Waals surface area (Å²) in [5.41, 5.74) is 14.5. The molecule has 0 radical (unpaired) electrons. The third-order valence-electron chi connectivity index (χ3n) is 8.43. The van der Waals surface area contributed by atoms with Gasteiger partial charge in [0.05, 0.1) is 0 Å². The average Bonchev–Trinajstić information content (AvgIpc) is 2.92. The van der Waals surface area contributed by atoms with E-state index in [-0.39, 0.29) is 5.78 Å². The summed E-state index contributed by atoms with van der Waals surface area (Å²) in [4.78, 5) is 13.6. The summed E-state index contributed by atoms with van der Waals surface area (Å²) >= 11 is 0. The molecule has 1 nitrogen and oxygen atoms in total. The third-order valence-corrected chi connectivity index (χ3v) is 8.43. The summed E-state index contributed by atoms with van der Waals surface area (Å²) in [7, 11) is 0. The molecule has 0 heterocycles. The molecular formula is C35H34O. The van der Waals surface area contributed by atoms with Crippen molar-refractivity contribution in [2.24, 2.45) is 0 Å². The van der Waals surface area contributed by atoms with Crippen LogP contribution in [0.4, 0.5) is 0 Å². The molecule has 0 aromatic heterocycles. The Labute approximate surface area is 215 Å². The number of rotatable bonds is 5. The molecule has 1 heteroatoms. The fourth-order valence-corrected chi connectivity index (χ4v) is 6.47. The van der Waals surface area contributed by atoms with Gasteiger partial charge in [-0.05, 0) is 106 Å². The number of hydrogen-bond acceptors (Lipinski definition) is 1. The van der Waals surface area contributed by atoms with Crippen LogP contribution in [0, 0.1) is 0 Å². The van der Waals surface area contributed by atoms with Gasteiger partial charge in [-0.25, -0.2) is 0 Å². The normalized spacial score (nSPS) is 18.9. The van der Waals surface area contributed by atoms with E-state index in [2.05, 4.69) is 69.0 Å². The van der Waals surface area contributed by atoms with Gasteiger partial charge < -0.3 is 0 Å². The molecule has 3 aliphatic carbocycles. The Morgan fingerprint density at radius 2 is 1.72 bits per heavy atom. The van der Waals surface area contributed by atoms with Crippen molar-refractivity contribution in [3.05, 3.63) is 101 Å². The highest BCUT2D eigenvalue weighted by Gasteiger charge is 2.35. The summed E-state index contributed by atoms with van der Waals surface area (Å²) in [5.74, 6) is 0.603. The Balaban J connectivity index is 1.61. The van der Waals surface area contributed by atoms with Gasteiger partial charge in [-0.1, -0.05) is 87.5 Å². The Bertz CT molecular complexity index is 1460. The molecular weight excluding hydrogens is 436 g/mol. The molecule has 3 aromatic carbocycles. The van der Waals surface area contributed by atoms with Gasteiger partial charge in [0, 0.05) is 11.1 Å². The molecule has 180 valence electrons. The van der Waals surface area contributed by atoms with Crippen molar-refractivity contribution < 1.29 is 4.79 Å². The SMILES string of the molecule is C=C(CC)c1ccc2cc1/C(CCCC)=C\CCC1CC=C3C(=O)c4ccccc4-c4ccc-2c1c43. The number of hydrogen-bond donors (Lipinski definition) is 0. The van der Waals surface area contributed by atoms with Crippen molar-refractivity contribution in [1.29, 1.82) is 0 Å². The quantitative estimate of drug-likeness (QED) is 0.362. The summed E-state index contributed by atoms with van der Waals surface area (Å²) in [6.07, 6.45) is 12.3. The van der Waals surface area contributed by atoms with E-state index in [9.17, 15) is 4.79 Å². The summed E-state index contributed by atoms with van der Waals surface area (Å²) in [6, 6.07) is 19.7. The fraction of sp³-hybridized carbons (Fsp3) is 0.286. The minimum Gasteiger partial charge on any atom is -0.289 e. The van der Waals surface area contributed by atoms with Crippen LogP contribution in [-0.2, 0) is 0 Å². The molecule has 0 amide bonds. The molecule has 0 saturated heterocycles. The lowest BCUT2D eigenvalue weighted by Gasteiger charge is -2.33. The molecule has 3 aliphatic rings. The molecule has 3 aromatic rings. The second-order valence-corrected chi connectivity index (χ2v) is 10.5. The van der Waals surface area contributed by atoms with Crippen molar-refractivity contribution in [2.75, 3.05) is 0 Å². The highest BCUT2D eigenvalue weighted by atomic mass is 16.1. The zero-order valence-corrected chi connectivity index (χ0v) is 21.5. The minimum absolute atomic E-state index is 0.180. The molecule has 2 bridgehead atoms. The van der Waals surface area contributed by atoms with Gasteiger partial charge in [-0.3, -0.25) is 4.79 Å². The van der Waals surface area contributed by atoms with Crippen LogP contribution >= 0.6 is 0 Å². The standard InChI is InChI=1S/C35H34O/c1-4-6-10-23-11-9-12-24-15-18-31-34-29(28-13-7-8-14-30(28)35(31)36)20-19-27(33(24)34)25-16-17-26(22(3)5-2)32(23)21-25/h7-8,11,13-14,16-21,24H,3-6,9-10,12,15H2,1-2H3/b23-11-. The number of fused-ring (bicyclic) bond motifs is 5. The fourth-order valence-electron chi connectivity index (χ4n) is 6.47. The van der Waals surface area contributed by atoms with Gasteiger partial charge in [-0.2, -0.15) is 0 Å². The molecule has 0 N–H and O–H groups in total. The highest BCUT2D eigenvalue weighted by Crippen LogP contribution is 2.51. The van der Waals surface area contributed by atoms with E-state index in [0.717, 1.165) is 48.8 Å². The molecule has 6 rings (SSSR count). The molecule has 0 fully saturated rings. The third kappa shape index (κ3) is 3.56. The largest absolute Gasteiger partial charge is 0.289 e. The van der Waals surface area contributed by atoms with Crippen LogP contribution in [0.5, 0.6) is 0 Å². The predicted octanol–water partition coefficient (Wildman–Crippen LogP) is 9.88. The lowest BCUT2D eigenvalue weighted by molar-refractivity contribution is 0.105. The van der Waals surface area contributed by atoms with E-state index in [1.165, 1.54) is 62.9 Å². The van der Waals surface area contributed by atoms with Crippen molar-refractivity contribution in [2.45, 2.75) is 64.7 Å². The number of allylic oxidation sites excluding steroid dienone is 5. The predicted molar refractivity (Wildman–Crippen MR) is 153 cm³/mol. The number of carbonyl (C=O) groups excluding carboxylic acids is 1. The Morgan fingerprint density at radius 3 is 2.53 bits per heavy atom. The van der Waals surface area contributed by atoms with Crippen LogP contribution < -0.4 is 0 Å². The average molecular weight is 471 g/mol. The number of benzene rings is 3. The summed E-state index contributed by atoms with van der Waals surface area (Å²) in [6.45, 7) is 8.87. The number of carbonyl (C=O) groups is 1. The smallest absolute Gasteiger partial charge is 0.193 e. The first kappa shape index (κ1) is 23.0. The second kappa shape index (κ2) is 9.21. The number of ketones is 1. The Hall–Kier alpha value is -3.45. The summed E-state index contributed by atoms with van der Waals surface area (Å²) in [5, 5.41) is 0. The first-order valence-electron chi connectivity index (χ1n) is 13.7. The molecule has 0 aliphatic heterocycles. The maximum atomic E-state index is 13.6. The lowest BCUT2D eigenvalue weighted by Crippen LogP contribution is -2.19. The Morgan fingerprint density at radius 1 is 0.917 bits per heavy atom. The van der Waals surface area contributed by atoms with E-state index in [4.69, 9.17) is 0 Å². The van der Waals surface area contributed by atoms with Gasteiger partial charge in [0.1, 0.15) is 0 Å². The molecule has 0 spiro atoms. The van der Waals surface area contributed by atoms with Crippen molar-refractivity contribution in [1.82, 2.24) is 0 Å². The molecule has 1 unspecified atom stereocenters. The second-order valence-electron chi connectivity index (χ2n) is 10.5. The van der Waals surface area contributed by atoms with E-state index in [1.807, 2.05) is 18.2 Å². The molecule has 0 saturated carbocycles. The summed E-state index contributed by atoms with van der Waals surface area (Å²) < 4.78 is 0. The zero-order chi connectivity index (χ0) is 24.8. The first-order chi connectivity index (χ1) is 17.6. The molecule has 1 atom stereocenters. The molecule has 36 heavy (non-hydrogen) atoms. The first-order valence-corrected chi connectivity index (χ1v) is 13.7. The van der Waals surface area contributed by atoms with E-state index >= 15 is 0 Å². The van der Waals surface area contributed by atoms with Gasteiger partial charge >= 0.3 is 0 Å². The monoisotopic (exact) mass is 470 g/mol. The van der Waals surface area contributed by atoms with Crippen molar-refractivity contribution >= 4 is 22.5 Å². The highest BCUT2D eigenvalue weighted by molar-refractivity contribution is 6.35. The lowest BCUT2D eigenvalue weighted by atomic mass is 9.69. The van der Waals surface area contributed by atoms with E-state index in [0.29, 0.717) is 5.92 Å². The maximum Gasteiger partial charge on any atom is 0.193 e. The van der Waals surface area contributed by atoms with Crippen LogP contribution in [-0.4, -0.2) is 5.78 Å². The van der Waals surface area contributed by atoms with Gasteiger partial charge in [0.2, 0.25) is 0 Å². The van der Waals surface area contributed by atoms with Crippen LogP contribution in [0.3, 0.4) is 0 Å². The topological polar surface area (TPSA) is 17.1 Å². The van der Waals surface area contributed by atoms with Crippen molar-refractivity contribution in [3.63, 3.8) is 0 Å². The van der Waals surface area contributed by atoms with Gasteiger partial charge in [0.15, 0.2) is 5.78 Å².